The number of carboxylic acids is 1. The Morgan fingerprint density at radius 1 is 1.35 bits per heavy atom. The lowest BCUT2D eigenvalue weighted by Crippen LogP contribution is -2.46. The van der Waals surface area contributed by atoms with E-state index in [0.717, 1.165) is 10.7 Å². The quantitative estimate of drug-likeness (QED) is 0.897. The average molecular weight is 296 g/mol. The van der Waals surface area contributed by atoms with Crippen molar-refractivity contribution in [1.29, 1.82) is 0 Å². The molecule has 0 saturated heterocycles. The summed E-state index contributed by atoms with van der Waals surface area (Å²) in [6, 6.07) is -0.0248. The fourth-order valence-electron chi connectivity index (χ4n) is 2.12. The molecule has 1 amide bonds. The van der Waals surface area contributed by atoms with Gasteiger partial charge >= 0.3 is 5.97 Å². The summed E-state index contributed by atoms with van der Waals surface area (Å²) in [5.74, 6) is -1.23. The van der Waals surface area contributed by atoms with E-state index < -0.39 is 5.97 Å². The van der Waals surface area contributed by atoms with Crippen molar-refractivity contribution >= 4 is 23.2 Å². The molecule has 1 fully saturated rings. The van der Waals surface area contributed by atoms with Gasteiger partial charge in [0.25, 0.3) is 5.91 Å². The van der Waals surface area contributed by atoms with Crippen molar-refractivity contribution in [3.8, 4) is 0 Å². The van der Waals surface area contributed by atoms with Crippen molar-refractivity contribution in [1.82, 2.24) is 10.3 Å². The second-order valence-corrected chi connectivity index (χ2v) is 7.36. The molecule has 1 aliphatic rings. The Bertz CT molecular complexity index is 539. The van der Waals surface area contributed by atoms with Crippen molar-refractivity contribution in [2.75, 3.05) is 0 Å². The minimum Gasteiger partial charge on any atom is -0.481 e. The van der Waals surface area contributed by atoms with E-state index in [9.17, 15) is 9.59 Å². The third kappa shape index (κ3) is 3.00. The van der Waals surface area contributed by atoms with Crippen LogP contribution in [0.2, 0.25) is 0 Å². The molecular formula is C14H20N2O3S. The van der Waals surface area contributed by atoms with Crippen molar-refractivity contribution < 1.29 is 14.7 Å². The van der Waals surface area contributed by atoms with Gasteiger partial charge in [0, 0.05) is 11.5 Å². The standard InChI is InChI=1S/C14H20N2O3S/c1-7-10(20-13(15-7)14(2,3)4)11(17)16-9-5-8(6-9)12(18)19/h8-9H,5-6H2,1-4H3,(H,16,17)(H,18,19). The first kappa shape index (κ1) is 15.0. The van der Waals surface area contributed by atoms with Gasteiger partial charge in [-0.2, -0.15) is 0 Å². The zero-order chi connectivity index (χ0) is 15.1. The maximum Gasteiger partial charge on any atom is 0.306 e. The van der Waals surface area contributed by atoms with Gasteiger partial charge in [0.15, 0.2) is 0 Å². The number of hydrogen-bond acceptors (Lipinski definition) is 4. The minimum absolute atomic E-state index is 0.0248. The first-order valence-corrected chi connectivity index (χ1v) is 7.51. The molecule has 5 nitrogen and oxygen atoms in total. The number of hydrogen-bond donors (Lipinski definition) is 2. The SMILES string of the molecule is Cc1nc(C(C)(C)C)sc1C(=O)NC1CC(C(=O)O)C1. The van der Waals surface area contributed by atoms with E-state index in [1.807, 2.05) is 6.92 Å². The highest BCUT2D eigenvalue weighted by molar-refractivity contribution is 7.14. The number of aliphatic carboxylic acids is 1. The predicted molar refractivity (Wildman–Crippen MR) is 77.2 cm³/mol. The topological polar surface area (TPSA) is 79.3 Å². The van der Waals surface area contributed by atoms with Crippen LogP contribution in [-0.4, -0.2) is 28.0 Å². The van der Waals surface area contributed by atoms with E-state index in [-0.39, 0.29) is 23.3 Å². The Balaban J connectivity index is 2.00. The zero-order valence-corrected chi connectivity index (χ0v) is 13.0. The number of carbonyl (C=O) groups is 2. The molecule has 1 heterocycles. The summed E-state index contributed by atoms with van der Waals surface area (Å²) in [6.45, 7) is 8.03. The Morgan fingerprint density at radius 3 is 2.40 bits per heavy atom. The number of aryl methyl sites for hydroxylation is 1. The molecule has 0 radical (unpaired) electrons. The fourth-order valence-corrected chi connectivity index (χ4v) is 3.14. The third-order valence-corrected chi connectivity index (χ3v) is 5.05. The van der Waals surface area contributed by atoms with Crippen LogP contribution < -0.4 is 5.32 Å². The van der Waals surface area contributed by atoms with E-state index in [4.69, 9.17) is 5.11 Å². The number of nitrogens with zero attached hydrogens (tertiary/aromatic N) is 1. The molecule has 0 aliphatic heterocycles. The van der Waals surface area contributed by atoms with Crippen molar-refractivity contribution in [2.24, 2.45) is 5.92 Å². The lowest BCUT2D eigenvalue weighted by Gasteiger charge is -2.32. The summed E-state index contributed by atoms with van der Waals surface area (Å²) < 4.78 is 0. The molecule has 0 unspecified atom stereocenters. The van der Waals surface area contributed by atoms with Gasteiger partial charge in [-0.25, -0.2) is 4.98 Å². The van der Waals surface area contributed by atoms with Gasteiger partial charge in [-0.3, -0.25) is 9.59 Å². The lowest BCUT2D eigenvalue weighted by molar-refractivity contribution is -0.145. The molecule has 0 spiro atoms. The Labute approximate surface area is 122 Å². The van der Waals surface area contributed by atoms with Crippen LogP contribution in [0.5, 0.6) is 0 Å². The Morgan fingerprint density at radius 2 is 1.95 bits per heavy atom. The molecule has 1 saturated carbocycles. The van der Waals surface area contributed by atoms with Crippen molar-refractivity contribution in [3.63, 3.8) is 0 Å². The molecule has 20 heavy (non-hydrogen) atoms. The summed E-state index contributed by atoms with van der Waals surface area (Å²) in [7, 11) is 0. The number of carbonyl (C=O) groups excluding carboxylic acids is 1. The van der Waals surface area contributed by atoms with Gasteiger partial charge in [0.1, 0.15) is 4.88 Å². The molecule has 0 bridgehead atoms. The van der Waals surface area contributed by atoms with Crippen molar-refractivity contribution in [2.45, 2.75) is 52.0 Å². The van der Waals surface area contributed by atoms with Crippen LogP contribution in [-0.2, 0) is 10.2 Å². The second kappa shape index (κ2) is 5.16. The first-order chi connectivity index (χ1) is 9.18. The van der Waals surface area contributed by atoms with E-state index in [0.29, 0.717) is 17.7 Å². The van der Waals surface area contributed by atoms with Gasteiger partial charge in [0.05, 0.1) is 16.6 Å². The lowest BCUT2D eigenvalue weighted by atomic mass is 9.80. The Hall–Kier alpha value is -1.43. The highest BCUT2D eigenvalue weighted by atomic mass is 32.1. The summed E-state index contributed by atoms with van der Waals surface area (Å²) in [5, 5.41) is 12.7. The molecule has 0 atom stereocenters. The highest BCUT2D eigenvalue weighted by Gasteiger charge is 2.36. The summed E-state index contributed by atoms with van der Waals surface area (Å²) in [4.78, 5) is 28.0. The molecule has 110 valence electrons. The third-order valence-electron chi connectivity index (χ3n) is 3.47. The van der Waals surface area contributed by atoms with Crippen LogP contribution in [0, 0.1) is 12.8 Å². The van der Waals surface area contributed by atoms with Gasteiger partial charge in [-0.05, 0) is 19.8 Å². The molecule has 2 rings (SSSR count). The van der Waals surface area contributed by atoms with Crippen molar-refractivity contribution in [3.05, 3.63) is 15.6 Å². The Kier molecular flexibility index (Phi) is 3.86. The van der Waals surface area contributed by atoms with E-state index in [1.165, 1.54) is 11.3 Å². The molecular weight excluding hydrogens is 276 g/mol. The number of carboxylic acid groups (broad SMARTS) is 1. The maximum absolute atomic E-state index is 12.2. The van der Waals surface area contributed by atoms with E-state index in [2.05, 4.69) is 31.1 Å². The number of rotatable bonds is 3. The van der Waals surface area contributed by atoms with Gasteiger partial charge in [-0.15, -0.1) is 11.3 Å². The summed E-state index contributed by atoms with van der Waals surface area (Å²) in [5.41, 5.74) is 0.672. The number of nitrogens with one attached hydrogen (secondary N) is 1. The zero-order valence-electron chi connectivity index (χ0n) is 12.2. The van der Waals surface area contributed by atoms with Crippen LogP contribution >= 0.6 is 11.3 Å². The van der Waals surface area contributed by atoms with Crippen LogP contribution in [0.1, 0.15) is 54.0 Å². The van der Waals surface area contributed by atoms with Gasteiger partial charge in [0.2, 0.25) is 0 Å². The second-order valence-electron chi connectivity index (χ2n) is 6.36. The first-order valence-electron chi connectivity index (χ1n) is 6.70. The monoisotopic (exact) mass is 296 g/mol. The molecule has 1 aliphatic carbocycles. The summed E-state index contributed by atoms with van der Waals surface area (Å²) in [6.07, 6.45) is 1.04. The van der Waals surface area contributed by atoms with Crippen LogP contribution in [0.25, 0.3) is 0 Å². The summed E-state index contributed by atoms with van der Waals surface area (Å²) >= 11 is 1.42. The number of amides is 1. The van der Waals surface area contributed by atoms with E-state index in [1.54, 1.807) is 0 Å². The molecule has 1 aromatic rings. The van der Waals surface area contributed by atoms with Gasteiger partial charge < -0.3 is 10.4 Å². The van der Waals surface area contributed by atoms with Crippen LogP contribution in [0.15, 0.2) is 0 Å². The molecule has 1 aromatic heterocycles. The number of thiazole rings is 1. The maximum atomic E-state index is 12.2. The van der Waals surface area contributed by atoms with Gasteiger partial charge in [-0.1, -0.05) is 20.8 Å². The van der Waals surface area contributed by atoms with E-state index >= 15 is 0 Å². The molecule has 6 heteroatoms. The average Bonchev–Trinajstić information content (AvgIpc) is 2.64. The normalized spacial score (nSPS) is 22.2. The van der Waals surface area contributed by atoms with Crippen LogP contribution in [0.3, 0.4) is 0 Å². The predicted octanol–water partition coefficient (Wildman–Crippen LogP) is 2.34. The molecule has 0 aromatic carbocycles. The highest BCUT2D eigenvalue weighted by Crippen LogP contribution is 2.31. The number of aromatic nitrogens is 1. The smallest absolute Gasteiger partial charge is 0.306 e. The van der Waals surface area contributed by atoms with Crippen LogP contribution in [0.4, 0.5) is 0 Å². The largest absolute Gasteiger partial charge is 0.481 e. The fraction of sp³-hybridized carbons (Fsp3) is 0.643. The minimum atomic E-state index is -0.778. The molecule has 2 N–H and O–H groups in total.